The van der Waals surface area contributed by atoms with E-state index < -0.39 is 12.2 Å². The zero-order chi connectivity index (χ0) is 9.14. The van der Waals surface area contributed by atoms with Crippen molar-refractivity contribution in [3.63, 3.8) is 0 Å². The Kier molecular flexibility index (Phi) is 3.25. The molecule has 2 unspecified atom stereocenters. The predicted octanol–water partition coefficient (Wildman–Crippen LogP) is 0.209. The molecule has 5 heteroatoms. The first-order chi connectivity index (χ1) is 5.66. The molecule has 0 spiro atoms. The molecule has 0 fully saturated rings. The summed E-state index contributed by atoms with van der Waals surface area (Å²) < 4.78 is 1.68. The molecule has 1 aromatic heterocycles. The highest BCUT2D eigenvalue weighted by atomic mass is 79.9. The van der Waals surface area contributed by atoms with Crippen molar-refractivity contribution in [1.29, 1.82) is 0 Å². The molecule has 0 aliphatic heterocycles. The molecule has 0 radical (unpaired) electrons. The van der Waals surface area contributed by atoms with Gasteiger partial charge in [0.1, 0.15) is 6.10 Å². The van der Waals surface area contributed by atoms with Crippen LogP contribution >= 0.6 is 15.9 Å². The Morgan fingerprint density at radius 2 is 2.33 bits per heavy atom. The predicted molar refractivity (Wildman–Crippen MR) is 48.0 cm³/mol. The Labute approximate surface area is 79.0 Å². The zero-order valence-corrected chi connectivity index (χ0v) is 8.27. The highest BCUT2D eigenvalue weighted by molar-refractivity contribution is 9.09. The van der Waals surface area contributed by atoms with E-state index in [4.69, 9.17) is 0 Å². The van der Waals surface area contributed by atoms with E-state index in [1.807, 2.05) is 0 Å². The fraction of sp³-hybridized carbons (Fsp3) is 0.571. The van der Waals surface area contributed by atoms with Gasteiger partial charge in [0.05, 0.1) is 24.3 Å². The van der Waals surface area contributed by atoms with Crippen molar-refractivity contribution >= 4 is 15.9 Å². The topological polar surface area (TPSA) is 58.3 Å². The number of alkyl halides is 1. The Morgan fingerprint density at radius 3 is 2.75 bits per heavy atom. The van der Waals surface area contributed by atoms with Crippen LogP contribution in [0.5, 0.6) is 0 Å². The lowest BCUT2D eigenvalue weighted by atomic mass is 10.2. The Balaban J connectivity index is 2.77. The van der Waals surface area contributed by atoms with Gasteiger partial charge in [-0.2, -0.15) is 0 Å². The maximum Gasteiger partial charge on any atom is 0.122 e. The van der Waals surface area contributed by atoms with Crippen molar-refractivity contribution in [3.05, 3.63) is 18.2 Å². The van der Waals surface area contributed by atoms with Crippen LogP contribution in [0.1, 0.15) is 11.8 Å². The van der Waals surface area contributed by atoms with Crippen LogP contribution in [0.2, 0.25) is 0 Å². The standard InChI is InChI=1S/C7H11BrN2O2/c1-10-4-9-3-5(10)7(12)6(11)2-8/h3-4,6-7,11-12H,2H2,1H3. The van der Waals surface area contributed by atoms with Crippen molar-refractivity contribution < 1.29 is 10.2 Å². The summed E-state index contributed by atoms with van der Waals surface area (Å²) in [6, 6.07) is 0. The molecule has 1 heterocycles. The van der Waals surface area contributed by atoms with Gasteiger partial charge in [0, 0.05) is 12.4 Å². The molecule has 2 N–H and O–H groups in total. The van der Waals surface area contributed by atoms with Crippen LogP contribution in [0.4, 0.5) is 0 Å². The summed E-state index contributed by atoms with van der Waals surface area (Å²) in [4.78, 5) is 3.84. The Hall–Kier alpha value is -0.390. The van der Waals surface area contributed by atoms with E-state index in [9.17, 15) is 10.2 Å². The minimum atomic E-state index is -0.878. The van der Waals surface area contributed by atoms with E-state index >= 15 is 0 Å². The van der Waals surface area contributed by atoms with Gasteiger partial charge in [0.2, 0.25) is 0 Å². The SMILES string of the molecule is Cn1cncc1C(O)C(O)CBr. The minimum Gasteiger partial charge on any atom is -0.389 e. The number of rotatable bonds is 3. The third-order valence-electron chi connectivity index (χ3n) is 1.68. The van der Waals surface area contributed by atoms with Crippen molar-refractivity contribution in [2.75, 3.05) is 5.33 Å². The van der Waals surface area contributed by atoms with Gasteiger partial charge in [0.25, 0.3) is 0 Å². The molecule has 68 valence electrons. The number of hydrogen-bond donors (Lipinski definition) is 2. The maximum absolute atomic E-state index is 9.52. The molecule has 2 atom stereocenters. The number of aliphatic hydroxyl groups excluding tert-OH is 2. The average Bonchev–Trinajstić information content (AvgIpc) is 2.48. The number of imidazole rings is 1. The molecule has 0 saturated carbocycles. The molecule has 0 bridgehead atoms. The lowest BCUT2D eigenvalue weighted by Gasteiger charge is -2.15. The summed E-state index contributed by atoms with van der Waals surface area (Å²) in [6.45, 7) is 0. The molecule has 0 amide bonds. The highest BCUT2D eigenvalue weighted by Crippen LogP contribution is 2.16. The van der Waals surface area contributed by atoms with Crippen LogP contribution in [-0.4, -0.2) is 31.2 Å². The summed E-state index contributed by atoms with van der Waals surface area (Å²) in [5, 5.41) is 19.1. The third kappa shape index (κ3) is 1.85. The fourth-order valence-corrected chi connectivity index (χ4v) is 1.29. The first-order valence-electron chi connectivity index (χ1n) is 3.55. The van der Waals surface area contributed by atoms with E-state index in [0.29, 0.717) is 11.0 Å². The van der Waals surface area contributed by atoms with Crippen LogP contribution in [0.3, 0.4) is 0 Å². The number of aliphatic hydroxyl groups is 2. The molecule has 1 rings (SSSR count). The molecule has 12 heavy (non-hydrogen) atoms. The molecule has 0 aliphatic rings. The Bertz CT molecular complexity index is 251. The molecule has 4 nitrogen and oxygen atoms in total. The van der Waals surface area contributed by atoms with Gasteiger partial charge >= 0.3 is 0 Å². The lowest BCUT2D eigenvalue weighted by molar-refractivity contribution is 0.0297. The lowest BCUT2D eigenvalue weighted by Crippen LogP contribution is -2.21. The minimum absolute atomic E-state index is 0.347. The number of hydrogen-bond acceptors (Lipinski definition) is 3. The van der Waals surface area contributed by atoms with Gasteiger partial charge in [-0.25, -0.2) is 4.98 Å². The van der Waals surface area contributed by atoms with Crippen LogP contribution < -0.4 is 0 Å². The van der Waals surface area contributed by atoms with E-state index in [0.717, 1.165) is 0 Å². The van der Waals surface area contributed by atoms with Crippen molar-refractivity contribution in [2.45, 2.75) is 12.2 Å². The van der Waals surface area contributed by atoms with Crippen LogP contribution in [0.25, 0.3) is 0 Å². The number of aromatic nitrogens is 2. The van der Waals surface area contributed by atoms with Gasteiger partial charge < -0.3 is 14.8 Å². The monoisotopic (exact) mass is 234 g/mol. The fourth-order valence-electron chi connectivity index (χ4n) is 0.934. The molecular weight excluding hydrogens is 224 g/mol. The first kappa shape index (κ1) is 9.70. The van der Waals surface area contributed by atoms with Gasteiger partial charge in [-0.1, -0.05) is 15.9 Å². The van der Waals surface area contributed by atoms with Crippen molar-refractivity contribution in [2.24, 2.45) is 7.05 Å². The highest BCUT2D eigenvalue weighted by Gasteiger charge is 2.19. The molecule has 0 saturated heterocycles. The summed E-state index contributed by atoms with van der Waals surface area (Å²) >= 11 is 3.09. The average molecular weight is 235 g/mol. The molecule has 0 aliphatic carbocycles. The second-order valence-electron chi connectivity index (χ2n) is 2.60. The summed E-state index contributed by atoms with van der Waals surface area (Å²) in [5.41, 5.74) is 0.613. The largest absolute Gasteiger partial charge is 0.389 e. The number of halogens is 1. The summed E-state index contributed by atoms with van der Waals surface area (Å²) in [6.07, 6.45) is 1.45. The summed E-state index contributed by atoms with van der Waals surface area (Å²) in [7, 11) is 1.77. The zero-order valence-electron chi connectivity index (χ0n) is 6.68. The quantitative estimate of drug-likeness (QED) is 0.736. The first-order valence-corrected chi connectivity index (χ1v) is 4.67. The van der Waals surface area contributed by atoms with Crippen molar-refractivity contribution in [1.82, 2.24) is 9.55 Å². The second kappa shape index (κ2) is 4.02. The molecular formula is C7H11BrN2O2. The van der Waals surface area contributed by atoms with E-state index in [-0.39, 0.29) is 0 Å². The van der Waals surface area contributed by atoms with Gasteiger partial charge in [-0.15, -0.1) is 0 Å². The number of aryl methyl sites for hydroxylation is 1. The smallest absolute Gasteiger partial charge is 0.122 e. The van der Waals surface area contributed by atoms with Crippen LogP contribution in [-0.2, 0) is 7.05 Å². The van der Waals surface area contributed by atoms with E-state index in [1.54, 1.807) is 17.9 Å². The second-order valence-corrected chi connectivity index (χ2v) is 3.24. The van der Waals surface area contributed by atoms with Crippen LogP contribution in [0, 0.1) is 0 Å². The summed E-state index contributed by atoms with van der Waals surface area (Å²) in [5.74, 6) is 0. The van der Waals surface area contributed by atoms with Gasteiger partial charge in [0.15, 0.2) is 0 Å². The van der Waals surface area contributed by atoms with Gasteiger partial charge in [-0.3, -0.25) is 0 Å². The Morgan fingerprint density at radius 1 is 1.67 bits per heavy atom. The van der Waals surface area contributed by atoms with E-state index in [1.165, 1.54) is 6.20 Å². The van der Waals surface area contributed by atoms with Crippen LogP contribution in [0.15, 0.2) is 12.5 Å². The number of nitrogens with zero attached hydrogens (tertiary/aromatic N) is 2. The normalized spacial score (nSPS) is 16.0. The van der Waals surface area contributed by atoms with E-state index in [2.05, 4.69) is 20.9 Å². The third-order valence-corrected chi connectivity index (χ3v) is 2.34. The van der Waals surface area contributed by atoms with Crippen molar-refractivity contribution in [3.8, 4) is 0 Å². The molecule has 0 aromatic carbocycles. The van der Waals surface area contributed by atoms with Gasteiger partial charge in [-0.05, 0) is 0 Å². The molecule has 1 aromatic rings. The maximum atomic E-state index is 9.52.